The quantitative estimate of drug-likeness (QED) is 0.368. The third-order valence-corrected chi connectivity index (χ3v) is 3.41. The third-order valence-electron chi connectivity index (χ3n) is 3.41. The molecule has 0 amide bonds. The van der Waals surface area contributed by atoms with Crippen LogP contribution < -0.4 is 0 Å². The molecule has 0 aromatic carbocycles. The molecule has 5 nitrogen and oxygen atoms in total. The van der Waals surface area contributed by atoms with Gasteiger partial charge in [-0.2, -0.15) is 8.42 Å². The van der Waals surface area contributed by atoms with Crippen LogP contribution in [0.25, 0.3) is 0 Å². The average molecular weight is 326 g/mol. The van der Waals surface area contributed by atoms with Crippen LogP contribution >= 0.6 is 0 Å². The minimum absolute atomic E-state index is 0.370. The van der Waals surface area contributed by atoms with Gasteiger partial charge in [-0.1, -0.05) is 78.1 Å². The first-order valence-corrected chi connectivity index (χ1v) is 9.51. The largest absolute Gasteiger partial charge is 0.396 e. The monoisotopic (exact) mass is 326 g/mol. The molecule has 0 fully saturated rings. The summed E-state index contributed by atoms with van der Waals surface area (Å²) in [5, 5.41) is 8.64. The summed E-state index contributed by atoms with van der Waals surface area (Å²) in [6.07, 6.45) is 14.7. The summed E-state index contributed by atoms with van der Waals surface area (Å²) in [4.78, 5) is 0. The summed E-state index contributed by atoms with van der Waals surface area (Å²) in [5.41, 5.74) is 0. The molecular weight excluding hydrogens is 292 g/mol. The zero-order valence-corrected chi connectivity index (χ0v) is 14.4. The Kier molecular flexibility index (Phi) is 17.8. The van der Waals surface area contributed by atoms with E-state index in [9.17, 15) is 0 Å². The first kappa shape index (κ1) is 23.1. The second kappa shape index (κ2) is 16.2. The molecule has 0 saturated heterocycles. The molecule has 0 aromatic rings. The summed E-state index contributed by atoms with van der Waals surface area (Å²) in [5.74, 6) is 0.939. The molecule has 1 atom stereocenters. The molecule has 21 heavy (non-hydrogen) atoms. The van der Waals surface area contributed by atoms with E-state index in [1.165, 1.54) is 64.2 Å². The van der Waals surface area contributed by atoms with Gasteiger partial charge in [-0.15, -0.1) is 0 Å². The van der Waals surface area contributed by atoms with E-state index >= 15 is 0 Å². The van der Waals surface area contributed by atoms with Gasteiger partial charge in [0.05, 0.1) is 0 Å². The summed E-state index contributed by atoms with van der Waals surface area (Å²) < 4.78 is 31.6. The molecule has 1 unspecified atom stereocenters. The van der Waals surface area contributed by atoms with E-state index in [-0.39, 0.29) is 0 Å². The van der Waals surface area contributed by atoms with E-state index < -0.39 is 10.4 Å². The first-order chi connectivity index (χ1) is 9.81. The highest BCUT2D eigenvalue weighted by Gasteiger charge is 2.00. The summed E-state index contributed by atoms with van der Waals surface area (Å²) in [6.45, 7) is 5.05. The third kappa shape index (κ3) is 33.0. The molecule has 0 aliphatic rings. The van der Waals surface area contributed by atoms with Crippen LogP contribution in [0.15, 0.2) is 0 Å². The van der Waals surface area contributed by atoms with Crippen molar-refractivity contribution < 1.29 is 22.6 Å². The smallest absolute Gasteiger partial charge is 0.394 e. The number of rotatable bonds is 12. The van der Waals surface area contributed by atoms with Crippen LogP contribution in [-0.2, 0) is 10.4 Å². The molecule has 0 saturated carbocycles. The van der Waals surface area contributed by atoms with Crippen LogP contribution in [0.4, 0.5) is 0 Å². The van der Waals surface area contributed by atoms with Gasteiger partial charge in [0.25, 0.3) is 0 Å². The summed E-state index contributed by atoms with van der Waals surface area (Å²) >= 11 is 0. The van der Waals surface area contributed by atoms with E-state index in [4.69, 9.17) is 22.6 Å². The molecule has 6 heteroatoms. The Morgan fingerprint density at radius 2 is 1.19 bits per heavy atom. The fourth-order valence-corrected chi connectivity index (χ4v) is 2.19. The van der Waals surface area contributed by atoms with Gasteiger partial charge in [0.2, 0.25) is 0 Å². The Balaban J connectivity index is 0. The maximum absolute atomic E-state index is 8.74. The molecule has 0 radical (unpaired) electrons. The SMILES string of the molecule is CCCCC(C)CCCCCCCCCO.O=S(=O)(O)O. The first-order valence-electron chi connectivity index (χ1n) is 8.12. The molecule has 0 aliphatic carbocycles. The number of hydrogen-bond acceptors (Lipinski definition) is 3. The number of aliphatic hydroxyl groups is 1. The average Bonchev–Trinajstić information content (AvgIpc) is 2.37. The summed E-state index contributed by atoms with van der Waals surface area (Å²) in [7, 11) is -4.67. The molecule has 130 valence electrons. The topological polar surface area (TPSA) is 94.8 Å². The van der Waals surface area contributed by atoms with Crippen LogP contribution in [-0.4, -0.2) is 29.2 Å². The molecule has 0 aromatic heterocycles. The van der Waals surface area contributed by atoms with E-state index in [0.29, 0.717) is 6.61 Å². The van der Waals surface area contributed by atoms with Gasteiger partial charge in [0.1, 0.15) is 0 Å². The van der Waals surface area contributed by atoms with Crippen molar-refractivity contribution in [1.29, 1.82) is 0 Å². The lowest BCUT2D eigenvalue weighted by Crippen LogP contribution is -1.94. The molecule has 0 rings (SSSR count). The molecule has 0 heterocycles. The maximum atomic E-state index is 8.74. The van der Waals surface area contributed by atoms with Crippen molar-refractivity contribution in [2.45, 2.75) is 84.5 Å². The van der Waals surface area contributed by atoms with Crippen molar-refractivity contribution in [1.82, 2.24) is 0 Å². The van der Waals surface area contributed by atoms with Crippen LogP contribution in [0.2, 0.25) is 0 Å². The van der Waals surface area contributed by atoms with E-state index in [1.807, 2.05) is 0 Å². The van der Waals surface area contributed by atoms with Gasteiger partial charge < -0.3 is 5.11 Å². The van der Waals surface area contributed by atoms with Crippen molar-refractivity contribution in [3.05, 3.63) is 0 Å². The lowest BCUT2D eigenvalue weighted by molar-refractivity contribution is 0.282. The second-order valence-corrected chi connectivity index (χ2v) is 6.58. The fourth-order valence-electron chi connectivity index (χ4n) is 2.19. The zero-order chi connectivity index (χ0) is 16.6. The second-order valence-electron chi connectivity index (χ2n) is 5.68. The van der Waals surface area contributed by atoms with Crippen molar-refractivity contribution >= 4 is 10.4 Å². The summed E-state index contributed by atoms with van der Waals surface area (Å²) in [6, 6.07) is 0. The van der Waals surface area contributed by atoms with Crippen LogP contribution in [0, 0.1) is 5.92 Å². The van der Waals surface area contributed by atoms with Gasteiger partial charge >= 0.3 is 10.4 Å². The minimum atomic E-state index is -4.67. The Morgan fingerprint density at radius 3 is 1.62 bits per heavy atom. The van der Waals surface area contributed by atoms with Crippen molar-refractivity contribution in [2.75, 3.05) is 6.61 Å². The standard InChI is InChI=1S/C15H32O.H2O4S/c1-3-4-12-15(2)13-10-8-6-5-7-9-11-14-16;1-5(2,3)4/h15-16H,3-14H2,1-2H3;(H2,1,2,3,4). The van der Waals surface area contributed by atoms with Crippen molar-refractivity contribution in [3.63, 3.8) is 0 Å². The highest BCUT2D eigenvalue weighted by atomic mass is 32.3. The minimum Gasteiger partial charge on any atom is -0.396 e. The number of aliphatic hydroxyl groups excluding tert-OH is 1. The number of hydrogen-bond donors (Lipinski definition) is 3. The van der Waals surface area contributed by atoms with E-state index in [2.05, 4.69) is 13.8 Å². The van der Waals surface area contributed by atoms with Gasteiger partial charge in [-0.25, -0.2) is 0 Å². The normalized spacial score (nSPS) is 12.6. The molecule has 0 spiro atoms. The molecule has 0 aliphatic heterocycles. The molecular formula is C15H34O5S. The van der Waals surface area contributed by atoms with E-state index in [1.54, 1.807) is 0 Å². The molecule has 3 N–H and O–H groups in total. The Hall–Kier alpha value is -0.170. The van der Waals surface area contributed by atoms with E-state index in [0.717, 1.165) is 12.3 Å². The van der Waals surface area contributed by atoms with Gasteiger partial charge in [0.15, 0.2) is 0 Å². The molecule has 0 bridgehead atoms. The predicted molar refractivity (Wildman–Crippen MR) is 86.9 cm³/mol. The van der Waals surface area contributed by atoms with Crippen molar-refractivity contribution in [2.24, 2.45) is 5.92 Å². The Labute approximate surface area is 130 Å². The zero-order valence-electron chi connectivity index (χ0n) is 13.6. The number of unbranched alkanes of at least 4 members (excludes halogenated alkanes) is 7. The van der Waals surface area contributed by atoms with Gasteiger partial charge in [-0.3, -0.25) is 9.11 Å². The van der Waals surface area contributed by atoms with Crippen molar-refractivity contribution in [3.8, 4) is 0 Å². The van der Waals surface area contributed by atoms with Crippen LogP contribution in [0.3, 0.4) is 0 Å². The Morgan fingerprint density at radius 1 is 0.810 bits per heavy atom. The predicted octanol–water partition coefficient (Wildman–Crippen LogP) is 4.27. The Bertz CT molecular complexity index is 282. The fraction of sp³-hybridized carbons (Fsp3) is 1.00. The van der Waals surface area contributed by atoms with Gasteiger partial charge in [0, 0.05) is 6.61 Å². The maximum Gasteiger partial charge on any atom is 0.394 e. The highest BCUT2D eigenvalue weighted by molar-refractivity contribution is 7.79. The van der Waals surface area contributed by atoms with Crippen LogP contribution in [0.1, 0.15) is 84.5 Å². The highest BCUT2D eigenvalue weighted by Crippen LogP contribution is 2.16. The lowest BCUT2D eigenvalue weighted by atomic mass is 9.97. The lowest BCUT2D eigenvalue weighted by Gasteiger charge is -2.09. The van der Waals surface area contributed by atoms with Gasteiger partial charge in [-0.05, 0) is 12.3 Å². The van der Waals surface area contributed by atoms with Crippen LogP contribution in [0.5, 0.6) is 0 Å².